The fraction of sp³-hybridized carbons (Fsp3) is 0.118. The van der Waals surface area contributed by atoms with Crippen molar-refractivity contribution in [2.24, 2.45) is 0 Å². The second-order valence-corrected chi connectivity index (χ2v) is 4.94. The molecular formula is C17H13FO4. The average molecular weight is 300 g/mol. The molecule has 1 aromatic heterocycles. The number of rotatable bonds is 3. The highest BCUT2D eigenvalue weighted by Crippen LogP contribution is 2.36. The normalized spacial score (nSPS) is 10.9. The molecule has 0 aliphatic carbocycles. The zero-order valence-corrected chi connectivity index (χ0v) is 12.0. The van der Waals surface area contributed by atoms with Crippen molar-refractivity contribution in [3.05, 3.63) is 53.3 Å². The summed E-state index contributed by atoms with van der Waals surface area (Å²) in [5.74, 6) is -0.713. The Morgan fingerprint density at radius 3 is 2.50 bits per heavy atom. The summed E-state index contributed by atoms with van der Waals surface area (Å²) < 4.78 is 24.0. The summed E-state index contributed by atoms with van der Waals surface area (Å²) in [5.41, 5.74) is 1.84. The van der Waals surface area contributed by atoms with Gasteiger partial charge in [-0.3, -0.25) is 0 Å². The highest BCUT2D eigenvalue weighted by molar-refractivity contribution is 6.08. The minimum atomic E-state index is -1.11. The molecule has 0 amide bonds. The molecule has 0 radical (unpaired) electrons. The number of benzene rings is 2. The summed E-state index contributed by atoms with van der Waals surface area (Å²) >= 11 is 0. The van der Waals surface area contributed by atoms with Gasteiger partial charge in [-0.2, -0.15) is 0 Å². The predicted molar refractivity (Wildman–Crippen MR) is 79.9 cm³/mol. The van der Waals surface area contributed by atoms with Gasteiger partial charge in [0, 0.05) is 10.9 Å². The van der Waals surface area contributed by atoms with Crippen LogP contribution < -0.4 is 4.74 Å². The van der Waals surface area contributed by atoms with Crippen LogP contribution in [0.5, 0.6) is 5.75 Å². The van der Waals surface area contributed by atoms with Crippen LogP contribution in [0.4, 0.5) is 4.39 Å². The van der Waals surface area contributed by atoms with E-state index in [2.05, 4.69) is 0 Å². The van der Waals surface area contributed by atoms with Crippen molar-refractivity contribution in [2.45, 2.75) is 6.92 Å². The number of ether oxygens (including phenoxy) is 1. The van der Waals surface area contributed by atoms with Crippen LogP contribution in [0, 0.1) is 12.7 Å². The van der Waals surface area contributed by atoms with Crippen LogP contribution >= 0.6 is 0 Å². The van der Waals surface area contributed by atoms with Gasteiger partial charge >= 0.3 is 5.97 Å². The van der Waals surface area contributed by atoms with E-state index in [1.165, 1.54) is 31.4 Å². The summed E-state index contributed by atoms with van der Waals surface area (Å²) in [5, 5.41) is 9.98. The van der Waals surface area contributed by atoms with E-state index >= 15 is 0 Å². The largest absolute Gasteiger partial charge is 0.496 e. The summed E-state index contributed by atoms with van der Waals surface area (Å²) in [6.07, 6.45) is 0. The number of fused-ring (bicyclic) bond motifs is 1. The molecule has 1 N–H and O–H groups in total. The van der Waals surface area contributed by atoms with Crippen LogP contribution in [0.15, 0.2) is 40.8 Å². The predicted octanol–water partition coefficient (Wildman–Crippen LogP) is 4.25. The number of carboxylic acid groups (broad SMARTS) is 1. The number of halogens is 1. The Labute approximate surface area is 125 Å². The van der Waals surface area contributed by atoms with Crippen molar-refractivity contribution in [1.82, 2.24) is 0 Å². The van der Waals surface area contributed by atoms with Crippen LogP contribution in [0.3, 0.4) is 0 Å². The topological polar surface area (TPSA) is 59.7 Å². The average Bonchev–Trinajstić information content (AvgIpc) is 2.85. The SMILES string of the molecule is COc1cc2c(C(=O)O)c(-c3ccc(F)cc3)oc2cc1C. The lowest BCUT2D eigenvalue weighted by molar-refractivity contribution is 0.0699. The molecule has 0 aliphatic rings. The van der Waals surface area contributed by atoms with Crippen LogP contribution in [-0.4, -0.2) is 18.2 Å². The molecular weight excluding hydrogens is 287 g/mol. The molecule has 0 aliphatic heterocycles. The molecule has 0 atom stereocenters. The fourth-order valence-corrected chi connectivity index (χ4v) is 2.46. The molecule has 4 nitrogen and oxygen atoms in total. The molecule has 1 heterocycles. The second kappa shape index (κ2) is 5.18. The molecule has 5 heteroatoms. The fourth-order valence-electron chi connectivity index (χ4n) is 2.46. The lowest BCUT2D eigenvalue weighted by atomic mass is 10.0. The summed E-state index contributed by atoms with van der Waals surface area (Å²) in [6.45, 7) is 1.85. The standard InChI is InChI=1S/C17H13FO4/c1-9-7-14-12(8-13(9)21-2)15(17(19)20)16(22-14)10-3-5-11(18)6-4-10/h3-8H,1-2H3,(H,19,20). The van der Waals surface area contributed by atoms with Crippen molar-refractivity contribution in [2.75, 3.05) is 7.11 Å². The first-order chi connectivity index (χ1) is 10.5. The first-order valence-electron chi connectivity index (χ1n) is 6.61. The quantitative estimate of drug-likeness (QED) is 0.785. The minimum Gasteiger partial charge on any atom is -0.496 e. The van der Waals surface area contributed by atoms with Crippen LogP contribution in [0.1, 0.15) is 15.9 Å². The zero-order valence-electron chi connectivity index (χ0n) is 12.0. The van der Waals surface area contributed by atoms with Crippen molar-refractivity contribution >= 4 is 16.9 Å². The smallest absolute Gasteiger partial charge is 0.340 e. The lowest BCUT2D eigenvalue weighted by Gasteiger charge is -2.03. The van der Waals surface area contributed by atoms with Gasteiger partial charge in [0.1, 0.15) is 28.5 Å². The van der Waals surface area contributed by atoms with Gasteiger partial charge in [0.25, 0.3) is 0 Å². The molecule has 3 aromatic rings. The highest BCUT2D eigenvalue weighted by Gasteiger charge is 2.22. The number of aromatic carboxylic acids is 1. The van der Waals surface area contributed by atoms with Crippen LogP contribution in [0.25, 0.3) is 22.3 Å². The monoisotopic (exact) mass is 300 g/mol. The van der Waals surface area contributed by atoms with Gasteiger partial charge in [0.15, 0.2) is 0 Å². The zero-order chi connectivity index (χ0) is 15.9. The van der Waals surface area contributed by atoms with E-state index in [-0.39, 0.29) is 11.3 Å². The maximum absolute atomic E-state index is 13.1. The van der Waals surface area contributed by atoms with E-state index in [1.807, 2.05) is 6.92 Å². The van der Waals surface area contributed by atoms with Gasteiger partial charge in [-0.1, -0.05) is 0 Å². The van der Waals surface area contributed by atoms with E-state index in [1.54, 1.807) is 12.1 Å². The molecule has 22 heavy (non-hydrogen) atoms. The molecule has 0 unspecified atom stereocenters. The van der Waals surface area contributed by atoms with Gasteiger partial charge in [-0.25, -0.2) is 9.18 Å². The van der Waals surface area contributed by atoms with Gasteiger partial charge in [-0.05, 0) is 48.9 Å². The molecule has 0 saturated heterocycles. The third-order valence-corrected chi connectivity index (χ3v) is 3.53. The van der Waals surface area contributed by atoms with Crippen LogP contribution in [0.2, 0.25) is 0 Å². The van der Waals surface area contributed by atoms with Crippen molar-refractivity contribution in [3.8, 4) is 17.1 Å². The third kappa shape index (κ3) is 2.20. The Hall–Kier alpha value is -2.82. The molecule has 2 aromatic carbocycles. The Bertz CT molecular complexity index is 862. The molecule has 0 bridgehead atoms. The first-order valence-corrected chi connectivity index (χ1v) is 6.61. The Kier molecular flexibility index (Phi) is 3.33. The van der Waals surface area contributed by atoms with E-state index in [0.717, 1.165) is 5.56 Å². The number of hydrogen-bond acceptors (Lipinski definition) is 3. The number of methoxy groups -OCH3 is 1. The van der Waals surface area contributed by atoms with Gasteiger partial charge in [0.2, 0.25) is 0 Å². The minimum absolute atomic E-state index is 0.0416. The van der Waals surface area contributed by atoms with E-state index in [9.17, 15) is 14.3 Å². The molecule has 112 valence electrons. The number of carboxylic acids is 1. The second-order valence-electron chi connectivity index (χ2n) is 4.94. The third-order valence-electron chi connectivity index (χ3n) is 3.53. The highest BCUT2D eigenvalue weighted by atomic mass is 19.1. The van der Waals surface area contributed by atoms with Crippen molar-refractivity contribution in [3.63, 3.8) is 0 Å². The number of hydrogen-bond donors (Lipinski definition) is 1. The molecule has 3 rings (SSSR count). The number of carbonyl (C=O) groups is 1. The number of furan rings is 1. The maximum Gasteiger partial charge on any atom is 0.340 e. The van der Waals surface area contributed by atoms with Crippen LogP contribution in [-0.2, 0) is 0 Å². The number of aryl methyl sites for hydroxylation is 1. The van der Waals surface area contributed by atoms with Gasteiger partial charge in [0.05, 0.1) is 7.11 Å². The van der Waals surface area contributed by atoms with E-state index < -0.39 is 11.8 Å². The summed E-state index contributed by atoms with van der Waals surface area (Å²) in [6, 6.07) is 8.88. The lowest BCUT2D eigenvalue weighted by Crippen LogP contribution is -1.97. The van der Waals surface area contributed by atoms with Crippen molar-refractivity contribution in [1.29, 1.82) is 0 Å². The molecule has 0 saturated carbocycles. The van der Waals surface area contributed by atoms with Gasteiger partial charge in [-0.15, -0.1) is 0 Å². The Morgan fingerprint density at radius 2 is 1.91 bits per heavy atom. The first kappa shape index (κ1) is 14.1. The maximum atomic E-state index is 13.1. The summed E-state index contributed by atoms with van der Waals surface area (Å²) in [7, 11) is 1.52. The van der Waals surface area contributed by atoms with Gasteiger partial charge < -0.3 is 14.3 Å². The van der Waals surface area contributed by atoms with Crippen molar-refractivity contribution < 1.29 is 23.4 Å². The Balaban J connectivity index is 2.32. The van der Waals surface area contributed by atoms with E-state index in [4.69, 9.17) is 9.15 Å². The summed E-state index contributed by atoms with van der Waals surface area (Å²) in [4.78, 5) is 11.6. The molecule has 0 fully saturated rings. The van der Waals surface area contributed by atoms with E-state index in [0.29, 0.717) is 22.3 Å². The Morgan fingerprint density at radius 1 is 1.23 bits per heavy atom. The molecule has 0 spiro atoms.